The molecule has 1 rings (SSSR count). The van der Waals surface area contributed by atoms with Crippen LogP contribution in [-0.2, 0) is 14.3 Å². The van der Waals surface area contributed by atoms with E-state index in [0.29, 0.717) is 18.6 Å². The lowest BCUT2D eigenvalue weighted by molar-refractivity contribution is -0.143. The molecule has 0 amide bonds. The second kappa shape index (κ2) is 7.46. The van der Waals surface area contributed by atoms with Gasteiger partial charge < -0.3 is 4.74 Å². The normalized spacial score (nSPS) is 24.7. The van der Waals surface area contributed by atoms with E-state index in [1.165, 1.54) is 20.0 Å². The second-order valence-electron chi connectivity index (χ2n) is 5.00. The van der Waals surface area contributed by atoms with Crippen molar-refractivity contribution >= 4 is 11.8 Å². The highest BCUT2D eigenvalue weighted by molar-refractivity contribution is 5.82. The number of unbranched alkanes of at least 4 members (excludes halogenated alkanes) is 2. The van der Waals surface area contributed by atoms with Crippen molar-refractivity contribution in [3.05, 3.63) is 0 Å². The highest BCUT2D eigenvalue weighted by Gasteiger charge is 2.32. The van der Waals surface area contributed by atoms with E-state index < -0.39 is 0 Å². The minimum atomic E-state index is -0.176. The van der Waals surface area contributed by atoms with E-state index in [0.717, 1.165) is 25.7 Å². The molecule has 2 unspecified atom stereocenters. The molecule has 3 heteroatoms. The van der Waals surface area contributed by atoms with E-state index in [1.54, 1.807) is 0 Å². The summed E-state index contributed by atoms with van der Waals surface area (Å²) < 4.78 is 4.71. The SMILES string of the molecule is CCCCCC1C(=O)CCCC1CC(=O)OC. The van der Waals surface area contributed by atoms with Gasteiger partial charge in [-0.2, -0.15) is 0 Å². The first-order chi connectivity index (χ1) is 8.19. The lowest BCUT2D eigenvalue weighted by atomic mass is 9.74. The molecule has 0 aromatic carbocycles. The molecular formula is C14H24O3. The number of ketones is 1. The highest BCUT2D eigenvalue weighted by Crippen LogP contribution is 2.33. The Labute approximate surface area is 104 Å². The third-order valence-corrected chi connectivity index (χ3v) is 3.76. The first kappa shape index (κ1) is 14.2. The number of rotatable bonds is 6. The first-order valence-electron chi connectivity index (χ1n) is 6.78. The smallest absolute Gasteiger partial charge is 0.305 e. The highest BCUT2D eigenvalue weighted by atomic mass is 16.5. The van der Waals surface area contributed by atoms with Gasteiger partial charge in [-0.1, -0.05) is 26.2 Å². The molecule has 98 valence electrons. The number of hydrogen-bond acceptors (Lipinski definition) is 3. The van der Waals surface area contributed by atoms with E-state index in [-0.39, 0.29) is 17.8 Å². The molecule has 0 radical (unpaired) electrons. The molecule has 0 aliphatic heterocycles. The third-order valence-electron chi connectivity index (χ3n) is 3.76. The number of hydrogen-bond donors (Lipinski definition) is 0. The van der Waals surface area contributed by atoms with Gasteiger partial charge in [-0.3, -0.25) is 9.59 Å². The molecule has 0 aromatic heterocycles. The quantitative estimate of drug-likeness (QED) is 0.529. The topological polar surface area (TPSA) is 43.4 Å². The fourth-order valence-electron chi connectivity index (χ4n) is 2.74. The minimum absolute atomic E-state index is 0.106. The van der Waals surface area contributed by atoms with Gasteiger partial charge in [-0.25, -0.2) is 0 Å². The number of Topliss-reactive ketones (excluding diaryl/α,β-unsaturated/α-hetero) is 1. The Morgan fingerprint density at radius 3 is 2.82 bits per heavy atom. The Hall–Kier alpha value is -0.860. The average Bonchev–Trinajstić information content (AvgIpc) is 2.32. The predicted molar refractivity (Wildman–Crippen MR) is 66.6 cm³/mol. The van der Waals surface area contributed by atoms with Crippen molar-refractivity contribution in [1.29, 1.82) is 0 Å². The third kappa shape index (κ3) is 4.49. The van der Waals surface area contributed by atoms with E-state index in [2.05, 4.69) is 6.92 Å². The lowest BCUT2D eigenvalue weighted by Gasteiger charge is -2.29. The van der Waals surface area contributed by atoms with Crippen molar-refractivity contribution in [2.45, 2.75) is 58.3 Å². The fourth-order valence-corrected chi connectivity index (χ4v) is 2.74. The summed E-state index contributed by atoms with van der Waals surface area (Å²) in [4.78, 5) is 23.2. The maximum absolute atomic E-state index is 11.9. The molecule has 1 fully saturated rings. The van der Waals surface area contributed by atoms with Crippen LogP contribution in [0.2, 0.25) is 0 Å². The maximum Gasteiger partial charge on any atom is 0.305 e. The molecule has 0 aromatic rings. The summed E-state index contributed by atoms with van der Waals surface area (Å²) in [5.41, 5.74) is 0. The van der Waals surface area contributed by atoms with Gasteiger partial charge in [-0.05, 0) is 25.2 Å². The summed E-state index contributed by atoms with van der Waals surface area (Å²) in [7, 11) is 1.42. The Kier molecular flexibility index (Phi) is 6.23. The van der Waals surface area contributed by atoms with E-state index in [1.807, 2.05) is 0 Å². The molecule has 0 spiro atoms. The van der Waals surface area contributed by atoms with Gasteiger partial charge in [0.2, 0.25) is 0 Å². The molecule has 0 saturated heterocycles. The number of carbonyl (C=O) groups excluding carboxylic acids is 2. The van der Waals surface area contributed by atoms with Crippen LogP contribution < -0.4 is 0 Å². The summed E-state index contributed by atoms with van der Waals surface area (Å²) in [6, 6.07) is 0. The zero-order chi connectivity index (χ0) is 12.7. The summed E-state index contributed by atoms with van der Waals surface area (Å²) in [5.74, 6) is 0.515. The van der Waals surface area contributed by atoms with Crippen LogP contribution in [0.1, 0.15) is 58.3 Å². The molecule has 2 atom stereocenters. The number of esters is 1. The lowest BCUT2D eigenvalue weighted by Crippen LogP contribution is -2.30. The summed E-state index contributed by atoms with van der Waals surface area (Å²) in [6.07, 6.45) is 7.45. The van der Waals surface area contributed by atoms with Crippen molar-refractivity contribution in [2.75, 3.05) is 7.11 Å². The van der Waals surface area contributed by atoms with Crippen LogP contribution in [0.15, 0.2) is 0 Å². The molecule has 0 heterocycles. The van der Waals surface area contributed by atoms with Crippen molar-refractivity contribution in [1.82, 2.24) is 0 Å². The number of methoxy groups -OCH3 is 1. The zero-order valence-corrected chi connectivity index (χ0v) is 11.0. The van der Waals surface area contributed by atoms with Gasteiger partial charge in [0.1, 0.15) is 5.78 Å². The summed E-state index contributed by atoms with van der Waals surface area (Å²) >= 11 is 0. The van der Waals surface area contributed by atoms with Crippen molar-refractivity contribution in [3.8, 4) is 0 Å². The van der Waals surface area contributed by atoms with Gasteiger partial charge >= 0.3 is 5.97 Å². The van der Waals surface area contributed by atoms with Gasteiger partial charge in [-0.15, -0.1) is 0 Å². The Bertz CT molecular complexity index is 260. The van der Waals surface area contributed by atoms with E-state index in [9.17, 15) is 9.59 Å². The van der Waals surface area contributed by atoms with Gasteiger partial charge in [0.25, 0.3) is 0 Å². The van der Waals surface area contributed by atoms with E-state index >= 15 is 0 Å². The Morgan fingerprint density at radius 1 is 1.41 bits per heavy atom. The molecule has 3 nitrogen and oxygen atoms in total. The van der Waals surface area contributed by atoms with Crippen molar-refractivity contribution in [2.24, 2.45) is 11.8 Å². The molecule has 17 heavy (non-hydrogen) atoms. The van der Waals surface area contributed by atoms with Crippen LogP contribution in [0.5, 0.6) is 0 Å². The van der Waals surface area contributed by atoms with Crippen LogP contribution in [0, 0.1) is 11.8 Å². The van der Waals surface area contributed by atoms with Crippen LogP contribution in [0.3, 0.4) is 0 Å². The monoisotopic (exact) mass is 240 g/mol. The molecule has 1 aliphatic carbocycles. The molecule has 0 bridgehead atoms. The number of ether oxygens (including phenoxy) is 1. The van der Waals surface area contributed by atoms with Gasteiger partial charge in [0, 0.05) is 18.8 Å². The standard InChI is InChI=1S/C14H24O3/c1-3-4-5-8-12-11(10-14(16)17-2)7-6-9-13(12)15/h11-12H,3-10H2,1-2H3. The predicted octanol–water partition coefficient (Wildman–Crippen LogP) is 3.12. The van der Waals surface area contributed by atoms with Gasteiger partial charge in [0.15, 0.2) is 0 Å². The van der Waals surface area contributed by atoms with Crippen LogP contribution in [-0.4, -0.2) is 18.9 Å². The molecule has 0 N–H and O–H groups in total. The average molecular weight is 240 g/mol. The van der Waals surface area contributed by atoms with Crippen molar-refractivity contribution < 1.29 is 14.3 Å². The Balaban J connectivity index is 2.51. The molecule has 1 saturated carbocycles. The maximum atomic E-state index is 11.9. The van der Waals surface area contributed by atoms with Crippen LogP contribution in [0.25, 0.3) is 0 Å². The summed E-state index contributed by atoms with van der Waals surface area (Å²) in [6.45, 7) is 2.16. The molecule has 1 aliphatic rings. The van der Waals surface area contributed by atoms with Crippen LogP contribution >= 0.6 is 0 Å². The van der Waals surface area contributed by atoms with Gasteiger partial charge in [0.05, 0.1) is 7.11 Å². The zero-order valence-electron chi connectivity index (χ0n) is 11.0. The van der Waals surface area contributed by atoms with Crippen molar-refractivity contribution in [3.63, 3.8) is 0 Å². The molecular weight excluding hydrogens is 216 g/mol. The summed E-state index contributed by atoms with van der Waals surface area (Å²) in [5, 5.41) is 0. The van der Waals surface area contributed by atoms with E-state index in [4.69, 9.17) is 4.74 Å². The number of carbonyl (C=O) groups is 2. The first-order valence-corrected chi connectivity index (χ1v) is 6.78. The van der Waals surface area contributed by atoms with Crippen LogP contribution in [0.4, 0.5) is 0 Å². The second-order valence-corrected chi connectivity index (χ2v) is 5.00. The largest absolute Gasteiger partial charge is 0.469 e. The minimum Gasteiger partial charge on any atom is -0.469 e. The Morgan fingerprint density at radius 2 is 2.18 bits per heavy atom. The fraction of sp³-hybridized carbons (Fsp3) is 0.857.